The normalized spacial score (nSPS) is 12.3. The maximum absolute atomic E-state index is 6.04. The summed E-state index contributed by atoms with van der Waals surface area (Å²) in [5.41, 5.74) is 2.31. The molecule has 1 nitrogen and oxygen atoms in total. The number of benzene rings is 3. The van der Waals surface area contributed by atoms with E-state index in [1.54, 1.807) is 0 Å². The molecule has 20 heavy (non-hydrogen) atoms. The summed E-state index contributed by atoms with van der Waals surface area (Å²) in [6.45, 7) is 2.14. The van der Waals surface area contributed by atoms with Gasteiger partial charge < -0.3 is 5.32 Å². The van der Waals surface area contributed by atoms with Crippen LogP contribution in [0, 0.1) is 0 Å². The maximum atomic E-state index is 6.04. The van der Waals surface area contributed by atoms with Crippen LogP contribution in [0.25, 0.3) is 10.8 Å². The number of halogens is 1. The van der Waals surface area contributed by atoms with Crippen molar-refractivity contribution in [1.82, 2.24) is 0 Å². The second kappa shape index (κ2) is 5.56. The zero-order valence-electron chi connectivity index (χ0n) is 11.3. The fourth-order valence-electron chi connectivity index (χ4n) is 2.39. The molecule has 0 aliphatic rings. The predicted molar refractivity (Wildman–Crippen MR) is 87.4 cm³/mol. The molecule has 0 heterocycles. The summed E-state index contributed by atoms with van der Waals surface area (Å²) in [5, 5.41) is 6.80. The zero-order valence-corrected chi connectivity index (χ0v) is 12.1. The second-order valence-electron chi connectivity index (χ2n) is 4.98. The Balaban J connectivity index is 1.85. The van der Waals surface area contributed by atoms with Gasteiger partial charge in [-0.25, -0.2) is 0 Å². The molecule has 0 aliphatic carbocycles. The Labute approximate surface area is 124 Å². The molecule has 1 unspecified atom stereocenters. The lowest BCUT2D eigenvalue weighted by atomic mass is 10.1. The summed E-state index contributed by atoms with van der Waals surface area (Å²) < 4.78 is 0. The fourth-order valence-corrected chi connectivity index (χ4v) is 2.59. The third-order valence-electron chi connectivity index (χ3n) is 3.48. The molecule has 3 rings (SSSR count). The van der Waals surface area contributed by atoms with Gasteiger partial charge in [0, 0.05) is 16.8 Å². The average molecular weight is 282 g/mol. The first-order chi connectivity index (χ1) is 9.72. The Morgan fingerprint density at radius 2 is 1.65 bits per heavy atom. The third kappa shape index (κ3) is 2.78. The van der Waals surface area contributed by atoms with Crippen molar-refractivity contribution in [2.45, 2.75) is 13.0 Å². The van der Waals surface area contributed by atoms with Gasteiger partial charge in [0.15, 0.2) is 0 Å². The Bertz CT molecular complexity index is 736. The molecule has 1 N–H and O–H groups in total. The van der Waals surface area contributed by atoms with E-state index in [4.69, 9.17) is 11.6 Å². The van der Waals surface area contributed by atoms with Crippen LogP contribution in [0.15, 0.2) is 66.7 Å². The quantitative estimate of drug-likeness (QED) is 0.652. The highest BCUT2D eigenvalue weighted by Crippen LogP contribution is 2.24. The first-order valence-corrected chi connectivity index (χ1v) is 7.11. The van der Waals surface area contributed by atoms with Crippen molar-refractivity contribution in [3.8, 4) is 0 Å². The molecular formula is C18H16ClN. The molecule has 0 fully saturated rings. The summed E-state index contributed by atoms with van der Waals surface area (Å²) in [6, 6.07) is 23.0. The van der Waals surface area contributed by atoms with E-state index < -0.39 is 0 Å². The second-order valence-corrected chi connectivity index (χ2v) is 5.42. The Morgan fingerprint density at radius 1 is 0.850 bits per heavy atom. The maximum Gasteiger partial charge on any atom is 0.0486 e. The van der Waals surface area contributed by atoms with Crippen molar-refractivity contribution >= 4 is 28.1 Å². The third-order valence-corrected chi connectivity index (χ3v) is 3.72. The molecule has 0 amide bonds. The standard InChI is InChI=1S/C18H16ClN/c1-13(15-7-4-8-17(19)11-15)20-18-10-9-14-5-2-3-6-16(14)12-18/h2-13,20H,1H3. The van der Waals surface area contributed by atoms with Gasteiger partial charge in [-0.1, -0.05) is 54.1 Å². The van der Waals surface area contributed by atoms with Crippen molar-refractivity contribution in [2.24, 2.45) is 0 Å². The lowest BCUT2D eigenvalue weighted by Crippen LogP contribution is -2.06. The highest BCUT2D eigenvalue weighted by atomic mass is 35.5. The van der Waals surface area contributed by atoms with E-state index in [9.17, 15) is 0 Å². The molecule has 0 aliphatic heterocycles. The van der Waals surface area contributed by atoms with E-state index in [1.165, 1.54) is 16.3 Å². The summed E-state index contributed by atoms with van der Waals surface area (Å²) in [6.07, 6.45) is 0. The Hall–Kier alpha value is -1.99. The van der Waals surface area contributed by atoms with Crippen molar-refractivity contribution in [1.29, 1.82) is 0 Å². The van der Waals surface area contributed by atoms with Crippen molar-refractivity contribution < 1.29 is 0 Å². The number of anilines is 1. The number of hydrogen-bond acceptors (Lipinski definition) is 1. The minimum Gasteiger partial charge on any atom is -0.379 e. The van der Waals surface area contributed by atoms with E-state index in [0.29, 0.717) is 0 Å². The van der Waals surface area contributed by atoms with E-state index in [2.05, 4.69) is 60.8 Å². The molecule has 3 aromatic carbocycles. The molecule has 0 radical (unpaired) electrons. The van der Waals surface area contributed by atoms with E-state index in [0.717, 1.165) is 10.7 Å². The summed E-state index contributed by atoms with van der Waals surface area (Å²) in [7, 11) is 0. The van der Waals surface area contributed by atoms with Gasteiger partial charge in [0.25, 0.3) is 0 Å². The number of nitrogens with one attached hydrogen (secondary N) is 1. The van der Waals surface area contributed by atoms with Crippen molar-refractivity contribution in [3.05, 3.63) is 77.3 Å². The highest BCUT2D eigenvalue weighted by Gasteiger charge is 2.06. The van der Waals surface area contributed by atoms with Gasteiger partial charge in [0.05, 0.1) is 0 Å². The van der Waals surface area contributed by atoms with Gasteiger partial charge >= 0.3 is 0 Å². The molecule has 1 atom stereocenters. The lowest BCUT2D eigenvalue weighted by molar-refractivity contribution is 0.885. The molecule has 100 valence electrons. The van der Waals surface area contributed by atoms with Gasteiger partial charge in [-0.15, -0.1) is 0 Å². The van der Waals surface area contributed by atoms with Gasteiger partial charge in [-0.05, 0) is 47.5 Å². The van der Waals surface area contributed by atoms with Crippen LogP contribution in [-0.2, 0) is 0 Å². The molecule has 0 aromatic heterocycles. The minimum absolute atomic E-state index is 0.217. The number of hydrogen-bond donors (Lipinski definition) is 1. The molecule has 0 bridgehead atoms. The Kier molecular flexibility index (Phi) is 3.62. The minimum atomic E-state index is 0.217. The van der Waals surface area contributed by atoms with Crippen LogP contribution in [0.4, 0.5) is 5.69 Å². The summed E-state index contributed by atoms with van der Waals surface area (Å²) in [4.78, 5) is 0. The smallest absolute Gasteiger partial charge is 0.0486 e. The van der Waals surface area contributed by atoms with Gasteiger partial charge in [0.1, 0.15) is 0 Å². The van der Waals surface area contributed by atoms with Crippen LogP contribution in [0.3, 0.4) is 0 Å². The summed E-state index contributed by atoms with van der Waals surface area (Å²) in [5.74, 6) is 0. The van der Waals surface area contributed by atoms with Crippen LogP contribution < -0.4 is 5.32 Å². The Morgan fingerprint density at radius 3 is 2.45 bits per heavy atom. The highest BCUT2D eigenvalue weighted by molar-refractivity contribution is 6.30. The monoisotopic (exact) mass is 281 g/mol. The number of fused-ring (bicyclic) bond motifs is 1. The first-order valence-electron chi connectivity index (χ1n) is 6.73. The van der Waals surface area contributed by atoms with Crippen LogP contribution in [0.2, 0.25) is 5.02 Å². The van der Waals surface area contributed by atoms with Crippen molar-refractivity contribution in [3.63, 3.8) is 0 Å². The molecule has 0 saturated heterocycles. The van der Waals surface area contributed by atoms with Crippen LogP contribution in [-0.4, -0.2) is 0 Å². The SMILES string of the molecule is CC(Nc1ccc2ccccc2c1)c1cccc(Cl)c1. The van der Waals surface area contributed by atoms with Gasteiger partial charge in [-0.2, -0.15) is 0 Å². The van der Waals surface area contributed by atoms with Crippen LogP contribution >= 0.6 is 11.6 Å². The molecule has 0 saturated carbocycles. The van der Waals surface area contributed by atoms with Crippen molar-refractivity contribution in [2.75, 3.05) is 5.32 Å². The average Bonchev–Trinajstić information content (AvgIpc) is 2.47. The molecule has 2 heteroatoms. The first kappa shape index (κ1) is 13.0. The molecule has 0 spiro atoms. The van der Waals surface area contributed by atoms with Gasteiger partial charge in [-0.3, -0.25) is 0 Å². The van der Waals surface area contributed by atoms with E-state index in [1.807, 2.05) is 18.2 Å². The zero-order chi connectivity index (χ0) is 13.9. The van der Waals surface area contributed by atoms with Crippen LogP contribution in [0.1, 0.15) is 18.5 Å². The van der Waals surface area contributed by atoms with E-state index >= 15 is 0 Å². The number of rotatable bonds is 3. The van der Waals surface area contributed by atoms with Crippen LogP contribution in [0.5, 0.6) is 0 Å². The fraction of sp³-hybridized carbons (Fsp3) is 0.111. The lowest BCUT2D eigenvalue weighted by Gasteiger charge is -2.16. The predicted octanol–water partition coefficient (Wildman–Crippen LogP) is 5.67. The largest absolute Gasteiger partial charge is 0.379 e. The molecular weight excluding hydrogens is 266 g/mol. The molecule has 3 aromatic rings. The van der Waals surface area contributed by atoms with E-state index in [-0.39, 0.29) is 6.04 Å². The summed E-state index contributed by atoms with van der Waals surface area (Å²) >= 11 is 6.04. The van der Waals surface area contributed by atoms with Gasteiger partial charge in [0.2, 0.25) is 0 Å². The topological polar surface area (TPSA) is 12.0 Å².